The molecular formula is C42H66O15. The Bertz CT molecular complexity index is 1590. The van der Waals surface area contributed by atoms with Crippen LogP contribution in [0.2, 0.25) is 0 Å². The maximum absolute atomic E-state index is 13.1. The molecule has 4 saturated carbocycles. The van der Waals surface area contributed by atoms with Crippen LogP contribution in [0.25, 0.3) is 0 Å². The van der Waals surface area contributed by atoms with E-state index >= 15 is 0 Å². The smallest absolute Gasteiger partial charge is 0.335 e. The van der Waals surface area contributed by atoms with Crippen molar-refractivity contribution in [3.8, 4) is 0 Å². The number of allylic oxidation sites excluding steroid dienone is 2. The number of carbonyl (C=O) groups is 2. The van der Waals surface area contributed by atoms with Crippen LogP contribution in [-0.4, -0.2) is 139 Å². The lowest BCUT2D eigenvalue weighted by Crippen LogP contribution is -2.68. The van der Waals surface area contributed by atoms with Gasteiger partial charge in [-0.25, -0.2) is 4.79 Å². The number of rotatable bonds is 8. The zero-order valence-electron chi connectivity index (χ0n) is 34.1. The molecule has 15 heteroatoms. The van der Waals surface area contributed by atoms with Crippen molar-refractivity contribution in [1.82, 2.24) is 0 Å². The summed E-state index contributed by atoms with van der Waals surface area (Å²) in [6.07, 6.45) is -8.58. The van der Waals surface area contributed by atoms with Crippen molar-refractivity contribution < 1.29 is 74.5 Å². The lowest BCUT2D eigenvalue weighted by Gasteiger charge is -2.71. The molecule has 9 N–H and O–H groups in total. The van der Waals surface area contributed by atoms with Crippen molar-refractivity contribution >= 4 is 11.9 Å². The van der Waals surface area contributed by atoms with E-state index in [1.165, 1.54) is 5.57 Å². The van der Waals surface area contributed by atoms with Gasteiger partial charge in [-0.2, -0.15) is 0 Å². The van der Waals surface area contributed by atoms with Crippen LogP contribution in [0.5, 0.6) is 0 Å². The predicted molar refractivity (Wildman–Crippen MR) is 200 cm³/mol. The van der Waals surface area contributed by atoms with E-state index in [1.54, 1.807) is 0 Å². The summed E-state index contributed by atoms with van der Waals surface area (Å²) in [5, 5.41) is 95.2. The molecule has 0 amide bonds. The van der Waals surface area contributed by atoms with E-state index in [0.717, 1.165) is 38.5 Å². The Labute approximate surface area is 334 Å². The largest absolute Gasteiger partial charge is 0.481 e. The molecule has 324 valence electrons. The third-order valence-electron chi connectivity index (χ3n) is 17.4. The van der Waals surface area contributed by atoms with Crippen LogP contribution in [0.15, 0.2) is 11.6 Å². The van der Waals surface area contributed by atoms with Gasteiger partial charge in [0.1, 0.15) is 42.7 Å². The number of carboxylic acids is 2. The van der Waals surface area contributed by atoms with Gasteiger partial charge in [0.15, 0.2) is 18.7 Å². The molecule has 5 aliphatic carbocycles. The predicted octanol–water partition coefficient (Wildman–Crippen LogP) is 1.95. The van der Waals surface area contributed by atoms with Crippen LogP contribution in [0.1, 0.15) is 106 Å². The van der Waals surface area contributed by atoms with Crippen LogP contribution in [0, 0.1) is 50.2 Å². The Kier molecular flexibility index (Phi) is 11.2. The van der Waals surface area contributed by atoms with E-state index in [0.29, 0.717) is 25.7 Å². The second kappa shape index (κ2) is 14.7. The van der Waals surface area contributed by atoms with E-state index < -0.39 is 96.9 Å². The average Bonchev–Trinajstić information content (AvgIpc) is 3.15. The summed E-state index contributed by atoms with van der Waals surface area (Å²) in [6, 6.07) is 0. The minimum absolute atomic E-state index is 0.0233. The Hall–Kier alpha value is -1.76. The van der Waals surface area contributed by atoms with Gasteiger partial charge >= 0.3 is 11.9 Å². The summed E-state index contributed by atoms with van der Waals surface area (Å²) >= 11 is 0. The number of hydrogen-bond acceptors (Lipinski definition) is 13. The quantitative estimate of drug-likeness (QED) is 0.126. The van der Waals surface area contributed by atoms with E-state index in [2.05, 4.69) is 40.7 Å². The van der Waals surface area contributed by atoms with Crippen LogP contribution < -0.4 is 0 Å². The van der Waals surface area contributed by atoms with Crippen molar-refractivity contribution in [2.75, 3.05) is 13.2 Å². The zero-order valence-corrected chi connectivity index (χ0v) is 34.1. The van der Waals surface area contributed by atoms with E-state index in [-0.39, 0.29) is 46.0 Å². The molecular weight excluding hydrogens is 744 g/mol. The fourth-order valence-electron chi connectivity index (χ4n) is 13.6. The Morgan fingerprint density at radius 1 is 0.754 bits per heavy atom. The zero-order chi connectivity index (χ0) is 41.8. The summed E-state index contributed by atoms with van der Waals surface area (Å²) in [5.74, 6) is -2.12. The number of aliphatic carboxylic acids is 2. The van der Waals surface area contributed by atoms with Crippen LogP contribution >= 0.6 is 0 Å². The maximum atomic E-state index is 13.1. The molecule has 6 fully saturated rings. The summed E-state index contributed by atoms with van der Waals surface area (Å²) in [5.41, 5.74) is -0.909. The molecule has 0 spiro atoms. The van der Waals surface area contributed by atoms with Gasteiger partial charge in [0.05, 0.1) is 24.7 Å². The van der Waals surface area contributed by atoms with Crippen molar-refractivity contribution in [2.45, 2.75) is 173 Å². The Morgan fingerprint density at radius 3 is 2.07 bits per heavy atom. The molecule has 7 rings (SSSR count). The maximum Gasteiger partial charge on any atom is 0.335 e. The molecule has 7 aliphatic rings. The minimum Gasteiger partial charge on any atom is -0.481 e. The molecule has 0 aromatic heterocycles. The van der Waals surface area contributed by atoms with Crippen molar-refractivity contribution in [3.63, 3.8) is 0 Å². The molecule has 0 unspecified atom stereocenters. The topological polar surface area (TPSA) is 253 Å². The summed E-state index contributed by atoms with van der Waals surface area (Å²) in [7, 11) is 0. The van der Waals surface area contributed by atoms with Crippen LogP contribution in [0.3, 0.4) is 0 Å². The van der Waals surface area contributed by atoms with Gasteiger partial charge in [0, 0.05) is 5.41 Å². The molecule has 0 bridgehead atoms. The first-order valence-corrected chi connectivity index (χ1v) is 21.0. The monoisotopic (exact) mass is 810 g/mol. The lowest BCUT2D eigenvalue weighted by molar-refractivity contribution is -0.375. The molecule has 2 aliphatic heterocycles. The van der Waals surface area contributed by atoms with E-state index in [4.69, 9.17) is 18.9 Å². The molecule has 2 heterocycles. The fourth-order valence-corrected chi connectivity index (χ4v) is 13.6. The number of aliphatic hydroxyl groups is 7. The Balaban J connectivity index is 1.18. The number of aliphatic hydroxyl groups excluding tert-OH is 7. The molecule has 19 atom stereocenters. The molecule has 2 saturated heterocycles. The van der Waals surface area contributed by atoms with Crippen molar-refractivity contribution in [1.29, 1.82) is 0 Å². The average molecular weight is 811 g/mol. The normalized spacial score (nSPS) is 53.3. The highest BCUT2D eigenvalue weighted by atomic mass is 16.8. The van der Waals surface area contributed by atoms with Gasteiger partial charge in [-0.15, -0.1) is 0 Å². The number of carboxylic acid groups (broad SMARTS) is 2. The molecule has 0 aromatic carbocycles. The van der Waals surface area contributed by atoms with Crippen LogP contribution in [0.4, 0.5) is 0 Å². The number of ether oxygens (including phenoxy) is 4. The third-order valence-corrected chi connectivity index (χ3v) is 17.4. The van der Waals surface area contributed by atoms with Crippen molar-refractivity contribution in [2.24, 2.45) is 50.2 Å². The highest BCUT2D eigenvalue weighted by Gasteiger charge is 2.70. The standard InChI is InChI=1S/C42H66O15/c1-37(2)13-15-42(36(52)53)16-14-40(5)20(21(42)17-37)7-8-24-38(3)11-10-25(39(4,19-44)23(38)9-12-41(24,40)6)55-35-32(29(48)28(47)31(56-35)33(50)51)57-34-30(49)27(46)26(45)22(18-43)54-34/h7,21-32,34-35,43-49H,8-19H2,1-6H3,(H,50,51)(H,52,53)/t21-,22+,23+,24+,25-,26+,27-,28-,29-,30+,31-,32+,34-,35+,38-,39+,40+,41+,42-/m0/s1. The first kappa shape index (κ1) is 43.3. The Morgan fingerprint density at radius 2 is 1.44 bits per heavy atom. The second-order valence-corrected chi connectivity index (χ2v) is 20.5. The van der Waals surface area contributed by atoms with Gasteiger partial charge < -0.3 is 64.9 Å². The SMILES string of the molecule is CC1(C)CC[C@]2(C(=O)O)CC[C@]3(C)C(=CC[C@@H]4[C@@]5(C)CC[C@H](O[C@@H]6O[C@H](C(=O)O)[C@@H](O)[C@H](O)[C@H]6O[C@@H]6O[C@H](CO)[C@@H](O)[C@H](O)[C@H]6O)[C@](C)(CO)[C@@H]5CC[C@]43C)[C@@H]2C1. The highest BCUT2D eigenvalue weighted by molar-refractivity contribution is 5.76. The fraction of sp³-hybridized carbons (Fsp3) is 0.905. The second-order valence-electron chi connectivity index (χ2n) is 20.5. The van der Waals surface area contributed by atoms with Gasteiger partial charge in [0.25, 0.3) is 0 Å². The molecule has 0 radical (unpaired) electrons. The summed E-state index contributed by atoms with van der Waals surface area (Å²) in [4.78, 5) is 25.3. The molecule has 0 aromatic rings. The highest BCUT2D eigenvalue weighted by Crippen LogP contribution is 2.76. The van der Waals surface area contributed by atoms with Gasteiger partial charge in [0.2, 0.25) is 0 Å². The van der Waals surface area contributed by atoms with E-state index in [1.807, 2.05) is 6.92 Å². The molecule has 57 heavy (non-hydrogen) atoms. The van der Waals surface area contributed by atoms with Gasteiger partial charge in [-0.1, -0.05) is 53.2 Å². The van der Waals surface area contributed by atoms with E-state index in [9.17, 15) is 55.5 Å². The summed E-state index contributed by atoms with van der Waals surface area (Å²) < 4.78 is 23.8. The third kappa shape index (κ3) is 6.39. The van der Waals surface area contributed by atoms with Crippen molar-refractivity contribution in [3.05, 3.63) is 11.6 Å². The molecule has 15 nitrogen and oxygen atoms in total. The lowest BCUT2D eigenvalue weighted by atomic mass is 9.33. The summed E-state index contributed by atoms with van der Waals surface area (Å²) in [6.45, 7) is 12.5. The number of fused-ring (bicyclic) bond motifs is 7. The van der Waals surface area contributed by atoms with Crippen LogP contribution in [-0.2, 0) is 28.5 Å². The number of hydrogen-bond donors (Lipinski definition) is 9. The van der Waals surface area contributed by atoms with Gasteiger partial charge in [-0.05, 0) is 104 Å². The van der Waals surface area contributed by atoms with Gasteiger partial charge in [-0.3, -0.25) is 4.79 Å². The first-order chi connectivity index (χ1) is 26.5. The minimum atomic E-state index is -1.99. The first-order valence-electron chi connectivity index (χ1n) is 21.0.